The van der Waals surface area contributed by atoms with E-state index in [1.807, 2.05) is 0 Å². The molecule has 2 saturated heterocycles. The van der Waals surface area contributed by atoms with Gasteiger partial charge in [-0.05, 0) is 18.6 Å². The fourth-order valence-electron chi connectivity index (χ4n) is 3.24. The molecule has 0 N–H and O–H groups in total. The monoisotopic (exact) mass is 364 g/mol. The lowest BCUT2D eigenvalue weighted by molar-refractivity contribution is -0.127. The largest absolute Gasteiger partial charge is 0.493 e. The van der Waals surface area contributed by atoms with Gasteiger partial charge in [0.15, 0.2) is 18.1 Å². The number of carbonyl (C=O) groups is 3. The summed E-state index contributed by atoms with van der Waals surface area (Å²) in [5.74, 6) is 0.540. The summed E-state index contributed by atoms with van der Waals surface area (Å²) in [7, 11) is 4.43. The fraction of sp³-hybridized carbons (Fsp3) is 0.471. The number of rotatable bonds is 5. The molecular weight excluding hydrogens is 344 g/mol. The Balaban J connectivity index is 1.80. The average Bonchev–Trinajstić information content (AvgIpc) is 3.26. The zero-order valence-corrected chi connectivity index (χ0v) is 14.8. The van der Waals surface area contributed by atoms with Gasteiger partial charge in [-0.1, -0.05) is 0 Å². The van der Waals surface area contributed by atoms with Gasteiger partial charge in [0.2, 0.25) is 5.75 Å². The Bertz CT molecular complexity index is 708. The molecule has 3 amide bonds. The Morgan fingerprint density at radius 2 is 1.77 bits per heavy atom. The minimum Gasteiger partial charge on any atom is -0.493 e. The van der Waals surface area contributed by atoms with E-state index in [2.05, 4.69) is 0 Å². The van der Waals surface area contributed by atoms with Crippen LogP contribution in [0.5, 0.6) is 17.2 Å². The van der Waals surface area contributed by atoms with Gasteiger partial charge in [0.1, 0.15) is 0 Å². The summed E-state index contributed by atoms with van der Waals surface area (Å²) in [6.45, 7) is 0.448. The molecule has 1 unspecified atom stereocenters. The van der Waals surface area contributed by atoms with Crippen molar-refractivity contribution >= 4 is 17.9 Å². The van der Waals surface area contributed by atoms with E-state index in [9.17, 15) is 14.4 Å². The van der Waals surface area contributed by atoms with Crippen LogP contribution in [0.4, 0.5) is 4.79 Å². The van der Waals surface area contributed by atoms with E-state index in [0.29, 0.717) is 35.8 Å². The van der Waals surface area contributed by atoms with Crippen molar-refractivity contribution in [3.8, 4) is 17.2 Å². The third kappa shape index (κ3) is 3.00. The summed E-state index contributed by atoms with van der Waals surface area (Å²) >= 11 is 0. The van der Waals surface area contributed by atoms with Crippen molar-refractivity contribution in [3.63, 3.8) is 0 Å². The highest BCUT2D eigenvalue weighted by molar-refractivity contribution is 5.99. The second-order valence-corrected chi connectivity index (χ2v) is 5.93. The van der Waals surface area contributed by atoms with E-state index < -0.39 is 6.09 Å². The normalized spacial score (nSPS) is 19.6. The molecule has 26 heavy (non-hydrogen) atoms. The van der Waals surface area contributed by atoms with Gasteiger partial charge in [-0.15, -0.1) is 0 Å². The molecule has 2 aliphatic rings. The first kappa shape index (κ1) is 17.8. The summed E-state index contributed by atoms with van der Waals surface area (Å²) in [6, 6.07) is 2.78. The topological polar surface area (TPSA) is 94.6 Å². The number of ether oxygens (including phenoxy) is 4. The summed E-state index contributed by atoms with van der Waals surface area (Å²) in [4.78, 5) is 39.0. The molecule has 0 spiro atoms. The molecule has 3 rings (SSSR count). The third-order valence-corrected chi connectivity index (χ3v) is 4.51. The van der Waals surface area contributed by atoms with E-state index in [4.69, 9.17) is 18.9 Å². The number of imide groups is 1. The van der Waals surface area contributed by atoms with Crippen molar-refractivity contribution in [2.45, 2.75) is 12.5 Å². The lowest BCUT2D eigenvalue weighted by atomic mass is 10.1. The Labute approximate surface area is 150 Å². The van der Waals surface area contributed by atoms with Crippen LogP contribution >= 0.6 is 0 Å². The van der Waals surface area contributed by atoms with Crippen molar-refractivity contribution in [3.05, 3.63) is 17.7 Å². The summed E-state index contributed by atoms with van der Waals surface area (Å²) in [5.41, 5.74) is 0.371. The number of nitrogens with zero attached hydrogens (tertiary/aromatic N) is 2. The van der Waals surface area contributed by atoms with E-state index >= 15 is 0 Å². The molecule has 0 aromatic heterocycles. The minimum atomic E-state index is -0.651. The second-order valence-electron chi connectivity index (χ2n) is 5.93. The van der Waals surface area contributed by atoms with Crippen LogP contribution in [0.15, 0.2) is 12.1 Å². The lowest BCUT2D eigenvalue weighted by Crippen LogP contribution is -2.42. The maximum absolute atomic E-state index is 12.9. The molecule has 9 heteroatoms. The van der Waals surface area contributed by atoms with Crippen LogP contribution in [0.25, 0.3) is 0 Å². The van der Waals surface area contributed by atoms with Crippen LogP contribution in [-0.4, -0.2) is 74.8 Å². The molecule has 2 fully saturated rings. The SMILES string of the molecule is COc1cc(C(=O)N2CCC(N3C(=O)COC3=O)C2)cc(OC)c1OC. The molecular formula is C17H20N2O7. The van der Waals surface area contributed by atoms with E-state index in [0.717, 1.165) is 4.90 Å². The number of methoxy groups -OCH3 is 3. The standard InChI is InChI=1S/C17H20N2O7/c1-23-12-6-10(7-13(24-2)15(12)25-3)16(21)18-5-4-11(8-18)19-14(20)9-26-17(19)22/h6-7,11H,4-5,8-9H2,1-3H3. The second kappa shape index (κ2) is 7.11. The van der Waals surface area contributed by atoms with Crippen LogP contribution < -0.4 is 14.2 Å². The van der Waals surface area contributed by atoms with Gasteiger partial charge in [-0.3, -0.25) is 9.59 Å². The van der Waals surface area contributed by atoms with Gasteiger partial charge in [-0.2, -0.15) is 0 Å². The number of hydrogen-bond acceptors (Lipinski definition) is 7. The molecule has 9 nitrogen and oxygen atoms in total. The molecule has 2 aliphatic heterocycles. The van der Waals surface area contributed by atoms with Gasteiger partial charge >= 0.3 is 6.09 Å². The number of amides is 3. The van der Waals surface area contributed by atoms with Crippen molar-refractivity contribution < 1.29 is 33.3 Å². The molecule has 0 aliphatic carbocycles. The predicted molar refractivity (Wildman–Crippen MR) is 88.6 cm³/mol. The molecule has 0 radical (unpaired) electrons. The summed E-state index contributed by atoms with van der Waals surface area (Å²) < 4.78 is 20.5. The van der Waals surface area contributed by atoms with Crippen molar-refractivity contribution in [1.29, 1.82) is 0 Å². The fourth-order valence-corrected chi connectivity index (χ4v) is 3.24. The Hall–Kier alpha value is -2.97. The van der Waals surface area contributed by atoms with Crippen LogP contribution in [0.2, 0.25) is 0 Å². The van der Waals surface area contributed by atoms with Crippen molar-refractivity contribution in [2.75, 3.05) is 41.0 Å². The Morgan fingerprint density at radius 1 is 1.12 bits per heavy atom. The van der Waals surface area contributed by atoms with E-state index in [-0.39, 0.29) is 31.0 Å². The molecule has 140 valence electrons. The number of hydrogen-bond donors (Lipinski definition) is 0. The number of cyclic esters (lactones) is 1. The Morgan fingerprint density at radius 3 is 2.27 bits per heavy atom. The van der Waals surface area contributed by atoms with Crippen molar-refractivity contribution in [1.82, 2.24) is 9.80 Å². The van der Waals surface area contributed by atoms with Crippen LogP contribution in [0, 0.1) is 0 Å². The first-order valence-electron chi connectivity index (χ1n) is 8.08. The minimum absolute atomic E-state index is 0.240. The first-order valence-corrected chi connectivity index (χ1v) is 8.08. The zero-order valence-electron chi connectivity index (χ0n) is 14.8. The van der Waals surface area contributed by atoms with Gasteiger partial charge in [0.25, 0.3) is 11.8 Å². The van der Waals surface area contributed by atoms with Gasteiger partial charge in [0.05, 0.1) is 27.4 Å². The zero-order chi connectivity index (χ0) is 18.8. The number of benzene rings is 1. The number of likely N-dealkylation sites (tertiary alicyclic amines) is 1. The average molecular weight is 364 g/mol. The number of carbonyl (C=O) groups excluding carboxylic acids is 3. The van der Waals surface area contributed by atoms with E-state index in [1.165, 1.54) is 21.3 Å². The quantitative estimate of drug-likeness (QED) is 0.766. The molecule has 0 bridgehead atoms. The molecule has 1 aromatic rings. The molecule has 1 aromatic carbocycles. The summed E-state index contributed by atoms with van der Waals surface area (Å²) in [5, 5.41) is 0. The highest BCUT2D eigenvalue weighted by Crippen LogP contribution is 2.38. The maximum Gasteiger partial charge on any atom is 0.417 e. The first-order chi connectivity index (χ1) is 12.5. The molecule has 0 saturated carbocycles. The maximum atomic E-state index is 12.9. The van der Waals surface area contributed by atoms with Crippen LogP contribution in [0.1, 0.15) is 16.8 Å². The smallest absolute Gasteiger partial charge is 0.417 e. The van der Waals surface area contributed by atoms with Crippen LogP contribution in [0.3, 0.4) is 0 Å². The van der Waals surface area contributed by atoms with E-state index in [1.54, 1.807) is 17.0 Å². The third-order valence-electron chi connectivity index (χ3n) is 4.51. The van der Waals surface area contributed by atoms with Gasteiger partial charge in [0, 0.05) is 18.7 Å². The molecule has 2 heterocycles. The Kier molecular flexibility index (Phi) is 4.88. The highest BCUT2D eigenvalue weighted by Gasteiger charge is 2.41. The summed E-state index contributed by atoms with van der Waals surface area (Å²) in [6.07, 6.45) is -0.140. The molecule has 1 atom stereocenters. The highest BCUT2D eigenvalue weighted by atomic mass is 16.6. The van der Waals surface area contributed by atoms with Crippen molar-refractivity contribution in [2.24, 2.45) is 0 Å². The lowest BCUT2D eigenvalue weighted by Gasteiger charge is -2.21. The van der Waals surface area contributed by atoms with Gasteiger partial charge in [-0.25, -0.2) is 9.69 Å². The predicted octanol–water partition coefficient (Wildman–Crippen LogP) is 0.906. The van der Waals surface area contributed by atoms with Crippen LogP contribution in [-0.2, 0) is 9.53 Å². The van der Waals surface area contributed by atoms with Gasteiger partial charge < -0.3 is 23.8 Å².